The fraction of sp³-hybridized carbons (Fsp3) is 0.458. The SMILES string of the molecule is CCOc1ccc(N([C@@H](C)C(=O)N[C@@H](CC(C)C)c2ccc(OC)cc2)S(C)(=O)=O)cc1. The van der Waals surface area contributed by atoms with E-state index in [2.05, 4.69) is 19.2 Å². The third kappa shape index (κ3) is 6.88. The summed E-state index contributed by atoms with van der Waals surface area (Å²) in [6.07, 6.45) is 1.81. The minimum Gasteiger partial charge on any atom is -0.497 e. The van der Waals surface area contributed by atoms with Crippen molar-refractivity contribution in [3.8, 4) is 11.5 Å². The molecular weight excluding hydrogens is 428 g/mol. The van der Waals surface area contributed by atoms with Crippen LogP contribution in [-0.4, -0.2) is 40.3 Å². The van der Waals surface area contributed by atoms with Gasteiger partial charge in [-0.15, -0.1) is 0 Å². The van der Waals surface area contributed by atoms with Gasteiger partial charge in [0.15, 0.2) is 0 Å². The molecule has 2 aromatic carbocycles. The quantitative estimate of drug-likeness (QED) is 0.542. The molecule has 0 aliphatic rings. The van der Waals surface area contributed by atoms with Crippen LogP contribution in [0.5, 0.6) is 11.5 Å². The number of sulfonamides is 1. The highest BCUT2D eigenvalue weighted by Crippen LogP contribution is 2.26. The number of anilines is 1. The molecule has 1 amide bonds. The Kier molecular flexibility index (Phi) is 8.95. The van der Waals surface area contributed by atoms with E-state index < -0.39 is 16.1 Å². The zero-order chi connectivity index (χ0) is 23.9. The minimum atomic E-state index is -3.70. The van der Waals surface area contributed by atoms with E-state index in [0.717, 1.165) is 21.9 Å². The van der Waals surface area contributed by atoms with Crippen LogP contribution in [0.2, 0.25) is 0 Å². The van der Waals surface area contributed by atoms with Crippen molar-refractivity contribution in [2.24, 2.45) is 5.92 Å². The lowest BCUT2D eigenvalue weighted by atomic mass is 9.96. The third-order valence-electron chi connectivity index (χ3n) is 5.03. The zero-order valence-corrected chi connectivity index (χ0v) is 20.5. The number of nitrogens with one attached hydrogen (secondary N) is 1. The molecule has 7 nitrogen and oxygen atoms in total. The summed E-state index contributed by atoms with van der Waals surface area (Å²) in [6, 6.07) is 13.0. The summed E-state index contributed by atoms with van der Waals surface area (Å²) in [7, 11) is -2.10. The van der Waals surface area contributed by atoms with Gasteiger partial charge in [0.1, 0.15) is 17.5 Å². The van der Waals surface area contributed by atoms with Crippen LogP contribution in [0, 0.1) is 5.92 Å². The van der Waals surface area contributed by atoms with Crippen molar-refractivity contribution in [2.75, 3.05) is 24.3 Å². The lowest BCUT2D eigenvalue weighted by Gasteiger charge is -2.30. The standard InChI is InChI=1S/C24H34N2O5S/c1-7-31-22-14-10-20(11-15-22)26(32(6,28)29)18(4)24(27)25-23(16-17(2)3)19-8-12-21(30-5)13-9-19/h8-15,17-18,23H,7,16H2,1-6H3,(H,25,27)/t18-,23-/m0/s1. The van der Waals surface area contributed by atoms with E-state index in [1.165, 1.54) is 0 Å². The van der Waals surface area contributed by atoms with Gasteiger partial charge in [0.25, 0.3) is 0 Å². The monoisotopic (exact) mass is 462 g/mol. The summed E-state index contributed by atoms with van der Waals surface area (Å²) in [6.45, 7) is 8.13. The maximum Gasteiger partial charge on any atom is 0.244 e. The van der Waals surface area contributed by atoms with Crippen molar-refractivity contribution in [1.29, 1.82) is 0 Å². The molecule has 0 saturated heterocycles. The molecule has 0 radical (unpaired) electrons. The number of carbonyl (C=O) groups is 1. The van der Waals surface area contributed by atoms with Gasteiger partial charge in [-0.2, -0.15) is 0 Å². The predicted molar refractivity (Wildman–Crippen MR) is 128 cm³/mol. The van der Waals surface area contributed by atoms with Crippen LogP contribution in [-0.2, 0) is 14.8 Å². The van der Waals surface area contributed by atoms with Crippen molar-refractivity contribution in [1.82, 2.24) is 5.32 Å². The first-order chi connectivity index (χ1) is 15.1. The van der Waals surface area contributed by atoms with E-state index >= 15 is 0 Å². The maximum atomic E-state index is 13.2. The van der Waals surface area contributed by atoms with Gasteiger partial charge in [-0.1, -0.05) is 26.0 Å². The number of ether oxygens (including phenoxy) is 2. The van der Waals surface area contributed by atoms with E-state index in [1.54, 1.807) is 38.3 Å². The lowest BCUT2D eigenvalue weighted by Crippen LogP contribution is -2.48. The first-order valence-electron chi connectivity index (χ1n) is 10.7. The fourth-order valence-corrected chi connectivity index (χ4v) is 4.72. The molecule has 0 aliphatic carbocycles. The predicted octanol–water partition coefficient (Wildman–Crippen LogP) is 4.15. The zero-order valence-electron chi connectivity index (χ0n) is 19.7. The Morgan fingerprint density at radius 2 is 1.56 bits per heavy atom. The van der Waals surface area contributed by atoms with Gasteiger partial charge < -0.3 is 14.8 Å². The maximum absolute atomic E-state index is 13.2. The molecule has 1 N–H and O–H groups in total. The Labute approximate surface area is 191 Å². The van der Waals surface area contributed by atoms with Gasteiger partial charge in [-0.3, -0.25) is 9.10 Å². The number of benzene rings is 2. The van der Waals surface area contributed by atoms with Gasteiger partial charge in [-0.25, -0.2) is 8.42 Å². The van der Waals surface area contributed by atoms with Gasteiger partial charge in [-0.05, 0) is 68.1 Å². The smallest absolute Gasteiger partial charge is 0.244 e. The Balaban J connectivity index is 2.29. The largest absolute Gasteiger partial charge is 0.497 e. The molecule has 176 valence electrons. The van der Waals surface area contributed by atoms with Crippen molar-refractivity contribution >= 4 is 21.6 Å². The average molecular weight is 463 g/mol. The summed E-state index contributed by atoms with van der Waals surface area (Å²) in [4.78, 5) is 13.2. The Morgan fingerprint density at radius 3 is 2.03 bits per heavy atom. The average Bonchev–Trinajstić information content (AvgIpc) is 2.73. The van der Waals surface area contributed by atoms with Crippen LogP contribution in [0.1, 0.15) is 45.7 Å². The molecule has 0 spiro atoms. The number of hydrogen-bond donors (Lipinski definition) is 1. The Bertz CT molecular complexity index is 972. The van der Waals surface area contributed by atoms with Crippen LogP contribution in [0.25, 0.3) is 0 Å². The Morgan fingerprint density at radius 1 is 1.00 bits per heavy atom. The summed E-state index contributed by atoms with van der Waals surface area (Å²) in [5, 5.41) is 3.05. The molecule has 0 fully saturated rings. The van der Waals surface area contributed by atoms with Crippen LogP contribution >= 0.6 is 0 Å². The molecule has 0 heterocycles. The van der Waals surface area contributed by atoms with Crippen molar-refractivity contribution < 1.29 is 22.7 Å². The Hall–Kier alpha value is -2.74. The molecule has 0 saturated carbocycles. The second kappa shape index (κ2) is 11.2. The number of nitrogens with zero attached hydrogens (tertiary/aromatic N) is 1. The van der Waals surface area contributed by atoms with Crippen molar-refractivity contribution in [3.63, 3.8) is 0 Å². The second-order valence-corrected chi connectivity index (χ2v) is 9.99. The van der Waals surface area contributed by atoms with Gasteiger partial charge in [0.05, 0.1) is 31.7 Å². The first-order valence-corrected chi connectivity index (χ1v) is 12.6. The van der Waals surface area contributed by atoms with E-state index in [4.69, 9.17) is 9.47 Å². The van der Waals surface area contributed by atoms with Crippen LogP contribution in [0.3, 0.4) is 0 Å². The van der Waals surface area contributed by atoms with E-state index in [0.29, 0.717) is 30.4 Å². The molecule has 2 aromatic rings. The number of methoxy groups -OCH3 is 1. The molecule has 0 bridgehead atoms. The van der Waals surface area contributed by atoms with Crippen LogP contribution < -0.4 is 19.1 Å². The first kappa shape index (κ1) is 25.5. The molecular formula is C24H34N2O5S. The molecule has 8 heteroatoms. The highest BCUT2D eigenvalue weighted by Gasteiger charge is 2.30. The molecule has 2 rings (SSSR count). The van der Waals surface area contributed by atoms with Gasteiger partial charge >= 0.3 is 0 Å². The number of carbonyl (C=O) groups excluding carboxylic acids is 1. The molecule has 0 aliphatic heterocycles. The molecule has 2 atom stereocenters. The van der Waals surface area contributed by atoms with E-state index in [1.807, 2.05) is 31.2 Å². The van der Waals surface area contributed by atoms with Crippen LogP contribution in [0.4, 0.5) is 5.69 Å². The van der Waals surface area contributed by atoms with Crippen molar-refractivity contribution in [2.45, 2.75) is 46.2 Å². The highest BCUT2D eigenvalue weighted by molar-refractivity contribution is 7.92. The highest BCUT2D eigenvalue weighted by atomic mass is 32.2. The number of amides is 1. The van der Waals surface area contributed by atoms with Crippen molar-refractivity contribution in [3.05, 3.63) is 54.1 Å². The summed E-state index contributed by atoms with van der Waals surface area (Å²) >= 11 is 0. The number of hydrogen-bond acceptors (Lipinski definition) is 5. The summed E-state index contributed by atoms with van der Waals surface area (Å²) in [5.41, 5.74) is 1.34. The second-order valence-electron chi connectivity index (χ2n) is 8.13. The van der Waals surface area contributed by atoms with E-state index in [9.17, 15) is 13.2 Å². The van der Waals surface area contributed by atoms with Gasteiger partial charge in [0.2, 0.25) is 15.9 Å². The topological polar surface area (TPSA) is 84.9 Å². The molecule has 0 aromatic heterocycles. The normalized spacial score (nSPS) is 13.3. The third-order valence-corrected chi connectivity index (χ3v) is 6.27. The molecule has 32 heavy (non-hydrogen) atoms. The molecule has 0 unspecified atom stereocenters. The fourth-order valence-electron chi connectivity index (χ4n) is 3.54. The van der Waals surface area contributed by atoms with Crippen LogP contribution in [0.15, 0.2) is 48.5 Å². The van der Waals surface area contributed by atoms with Gasteiger partial charge in [0, 0.05) is 0 Å². The summed E-state index contributed by atoms with van der Waals surface area (Å²) in [5.74, 6) is 1.33. The van der Waals surface area contributed by atoms with E-state index in [-0.39, 0.29) is 11.9 Å². The summed E-state index contributed by atoms with van der Waals surface area (Å²) < 4.78 is 37.0. The lowest BCUT2D eigenvalue weighted by molar-refractivity contribution is -0.122. The minimum absolute atomic E-state index is 0.252. The number of rotatable bonds is 11.